The van der Waals surface area contributed by atoms with Crippen LogP contribution in [0, 0.1) is 5.41 Å². The summed E-state index contributed by atoms with van der Waals surface area (Å²) in [4.78, 5) is 16.4. The summed E-state index contributed by atoms with van der Waals surface area (Å²) in [5.74, 6) is 0.323. The molecule has 0 spiro atoms. The highest BCUT2D eigenvalue weighted by atomic mass is 32.1. The number of amides is 1. The van der Waals surface area contributed by atoms with Crippen molar-refractivity contribution in [3.05, 3.63) is 22.4 Å². The highest BCUT2D eigenvalue weighted by Crippen LogP contribution is 2.43. The van der Waals surface area contributed by atoms with Crippen molar-refractivity contribution in [2.75, 3.05) is 13.1 Å². The summed E-state index contributed by atoms with van der Waals surface area (Å²) in [5.41, 5.74) is 5.71. The molecule has 1 saturated heterocycles. The lowest BCUT2D eigenvalue weighted by molar-refractivity contribution is -0.142. The molecule has 0 bridgehead atoms. The van der Waals surface area contributed by atoms with E-state index in [1.54, 1.807) is 11.3 Å². The lowest BCUT2D eigenvalue weighted by Crippen LogP contribution is -2.46. The standard InChI is InChI=1S/C15H22N2OS/c16-11-15(7-1-2-8-15)14(18)17-9-3-5-12(17)13-6-4-10-19-13/h4,6,10,12H,1-3,5,7-9,11,16H2. The van der Waals surface area contributed by atoms with E-state index in [1.807, 2.05) is 0 Å². The number of nitrogens with two attached hydrogens (primary N) is 1. The third-order valence-corrected chi connectivity index (χ3v) is 5.76. The maximum absolute atomic E-state index is 13.0. The molecule has 104 valence electrons. The first-order chi connectivity index (χ1) is 9.27. The SMILES string of the molecule is NCC1(C(=O)N2CCCC2c2cccs2)CCCC1. The van der Waals surface area contributed by atoms with E-state index >= 15 is 0 Å². The lowest BCUT2D eigenvalue weighted by Gasteiger charge is -2.34. The smallest absolute Gasteiger partial charge is 0.230 e. The van der Waals surface area contributed by atoms with Gasteiger partial charge in [0, 0.05) is 18.0 Å². The van der Waals surface area contributed by atoms with Crippen LogP contribution in [-0.4, -0.2) is 23.9 Å². The van der Waals surface area contributed by atoms with E-state index in [1.165, 1.54) is 4.88 Å². The Kier molecular flexibility index (Phi) is 3.63. The van der Waals surface area contributed by atoms with Crippen molar-refractivity contribution in [3.63, 3.8) is 0 Å². The molecule has 1 aliphatic carbocycles. The molecular weight excluding hydrogens is 256 g/mol. The average Bonchev–Trinajstić information content (AvgIpc) is 3.17. The topological polar surface area (TPSA) is 46.3 Å². The fraction of sp³-hybridized carbons (Fsp3) is 0.667. The minimum atomic E-state index is -0.250. The predicted octanol–water partition coefficient (Wildman–Crippen LogP) is 2.93. The number of hydrogen-bond donors (Lipinski definition) is 1. The molecule has 1 aliphatic heterocycles. The fourth-order valence-electron chi connectivity index (χ4n) is 3.65. The van der Waals surface area contributed by atoms with Crippen LogP contribution in [0.3, 0.4) is 0 Å². The number of likely N-dealkylation sites (tertiary alicyclic amines) is 1. The van der Waals surface area contributed by atoms with Crippen molar-refractivity contribution in [1.29, 1.82) is 0 Å². The first kappa shape index (κ1) is 13.1. The van der Waals surface area contributed by atoms with Gasteiger partial charge < -0.3 is 10.6 Å². The largest absolute Gasteiger partial charge is 0.334 e. The summed E-state index contributed by atoms with van der Waals surface area (Å²) in [5, 5.41) is 2.10. The van der Waals surface area contributed by atoms with E-state index in [9.17, 15) is 4.79 Å². The Bertz CT molecular complexity index is 437. The van der Waals surface area contributed by atoms with E-state index in [0.29, 0.717) is 18.5 Å². The molecule has 2 N–H and O–H groups in total. The zero-order chi connectivity index (χ0) is 13.3. The average molecular weight is 278 g/mol. The van der Waals surface area contributed by atoms with E-state index in [0.717, 1.165) is 45.1 Å². The van der Waals surface area contributed by atoms with Crippen LogP contribution in [0.1, 0.15) is 49.4 Å². The third-order valence-electron chi connectivity index (χ3n) is 4.79. The third kappa shape index (κ3) is 2.21. The second-order valence-electron chi connectivity index (χ2n) is 5.86. The molecule has 2 heterocycles. The summed E-state index contributed by atoms with van der Waals surface area (Å²) in [7, 11) is 0. The zero-order valence-electron chi connectivity index (χ0n) is 11.3. The van der Waals surface area contributed by atoms with Crippen LogP contribution in [0.5, 0.6) is 0 Å². The van der Waals surface area contributed by atoms with Crippen molar-refractivity contribution in [2.24, 2.45) is 11.1 Å². The zero-order valence-corrected chi connectivity index (χ0v) is 12.1. The molecule has 19 heavy (non-hydrogen) atoms. The van der Waals surface area contributed by atoms with Crippen LogP contribution in [-0.2, 0) is 4.79 Å². The minimum Gasteiger partial charge on any atom is -0.334 e. The Hall–Kier alpha value is -0.870. The Morgan fingerprint density at radius 1 is 1.42 bits per heavy atom. The Morgan fingerprint density at radius 3 is 2.84 bits per heavy atom. The second-order valence-corrected chi connectivity index (χ2v) is 6.84. The van der Waals surface area contributed by atoms with E-state index in [2.05, 4.69) is 22.4 Å². The number of carbonyl (C=O) groups excluding carboxylic acids is 1. The van der Waals surface area contributed by atoms with Gasteiger partial charge >= 0.3 is 0 Å². The normalized spacial score (nSPS) is 25.9. The van der Waals surface area contributed by atoms with Gasteiger partial charge in [-0.05, 0) is 37.1 Å². The van der Waals surface area contributed by atoms with Crippen molar-refractivity contribution >= 4 is 17.2 Å². The summed E-state index contributed by atoms with van der Waals surface area (Å²) < 4.78 is 0. The number of carbonyl (C=O) groups is 1. The van der Waals surface area contributed by atoms with Gasteiger partial charge in [0.15, 0.2) is 0 Å². The maximum atomic E-state index is 13.0. The molecule has 1 aromatic heterocycles. The first-order valence-electron chi connectivity index (χ1n) is 7.31. The summed E-state index contributed by atoms with van der Waals surface area (Å²) >= 11 is 1.77. The van der Waals surface area contributed by atoms with Gasteiger partial charge in [-0.1, -0.05) is 18.9 Å². The van der Waals surface area contributed by atoms with E-state index < -0.39 is 0 Å². The number of nitrogens with zero attached hydrogens (tertiary/aromatic N) is 1. The van der Waals surface area contributed by atoms with Gasteiger partial charge in [0.05, 0.1) is 11.5 Å². The summed E-state index contributed by atoms with van der Waals surface area (Å²) in [6.07, 6.45) is 6.49. The Labute approximate surface area is 118 Å². The van der Waals surface area contributed by atoms with Gasteiger partial charge in [0.1, 0.15) is 0 Å². The van der Waals surface area contributed by atoms with Crippen molar-refractivity contribution in [2.45, 2.75) is 44.6 Å². The summed E-state index contributed by atoms with van der Waals surface area (Å²) in [6.45, 7) is 1.42. The fourth-order valence-corrected chi connectivity index (χ4v) is 4.52. The molecule has 1 saturated carbocycles. The lowest BCUT2D eigenvalue weighted by atomic mass is 9.84. The second kappa shape index (κ2) is 5.25. The van der Waals surface area contributed by atoms with Crippen molar-refractivity contribution < 1.29 is 4.79 Å². The molecule has 1 unspecified atom stereocenters. The van der Waals surface area contributed by atoms with Gasteiger partial charge in [-0.3, -0.25) is 4.79 Å². The van der Waals surface area contributed by atoms with E-state index in [4.69, 9.17) is 5.73 Å². The van der Waals surface area contributed by atoms with Crippen LogP contribution < -0.4 is 5.73 Å². The predicted molar refractivity (Wildman–Crippen MR) is 78.0 cm³/mol. The molecule has 3 rings (SSSR count). The van der Waals surface area contributed by atoms with E-state index in [-0.39, 0.29) is 5.41 Å². The minimum absolute atomic E-state index is 0.250. The molecule has 1 atom stereocenters. The van der Waals surface area contributed by atoms with Crippen LogP contribution in [0.2, 0.25) is 0 Å². The van der Waals surface area contributed by atoms with Gasteiger partial charge in [-0.15, -0.1) is 11.3 Å². The molecule has 3 nitrogen and oxygen atoms in total. The molecular formula is C15H22N2OS. The van der Waals surface area contributed by atoms with Crippen molar-refractivity contribution in [3.8, 4) is 0 Å². The quantitative estimate of drug-likeness (QED) is 0.924. The highest BCUT2D eigenvalue weighted by molar-refractivity contribution is 7.10. The van der Waals surface area contributed by atoms with Crippen LogP contribution in [0.4, 0.5) is 0 Å². The Balaban J connectivity index is 1.82. The molecule has 1 amide bonds. The summed E-state index contributed by atoms with van der Waals surface area (Å²) in [6, 6.07) is 4.54. The van der Waals surface area contributed by atoms with Gasteiger partial charge in [0.2, 0.25) is 5.91 Å². The van der Waals surface area contributed by atoms with Gasteiger partial charge in [-0.25, -0.2) is 0 Å². The maximum Gasteiger partial charge on any atom is 0.230 e. The molecule has 4 heteroatoms. The Morgan fingerprint density at radius 2 is 2.21 bits per heavy atom. The molecule has 2 fully saturated rings. The number of rotatable bonds is 3. The number of hydrogen-bond acceptors (Lipinski definition) is 3. The van der Waals surface area contributed by atoms with Crippen molar-refractivity contribution in [1.82, 2.24) is 4.90 Å². The van der Waals surface area contributed by atoms with Crippen LogP contribution in [0.25, 0.3) is 0 Å². The van der Waals surface area contributed by atoms with Crippen LogP contribution in [0.15, 0.2) is 17.5 Å². The number of thiophene rings is 1. The molecule has 0 radical (unpaired) electrons. The van der Waals surface area contributed by atoms with Gasteiger partial charge in [0.25, 0.3) is 0 Å². The molecule has 0 aromatic carbocycles. The highest BCUT2D eigenvalue weighted by Gasteiger charge is 2.45. The monoisotopic (exact) mass is 278 g/mol. The first-order valence-corrected chi connectivity index (χ1v) is 8.19. The van der Waals surface area contributed by atoms with Gasteiger partial charge in [-0.2, -0.15) is 0 Å². The molecule has 2 aliphatic rings. The molecule has 1 aromatic rings. The van der Waals surface area contributed by atoms with Crippen LogP contribution >= 0.6 is 11.3 Å².